The highest BCUT2D eigenvalue weighted by atomic mass is 32.2. The lowest BCUT2D eigenvalue weighted by Crippen LogP contribution is -2.52. The molecule has 18 heavy (non-hydrogen) atoms. The van der Waals surface area contributed by atoms with Gasteiger partial charge >= 0.3 is 12.1 Å². The quantitative estimate of drug-likeness (QED) is 0.627. The molecule has 106 valence electrons. The molecule has 1 aliphatic rings. The van der Waals surface area contributed by atoms with Gasteiger partial charge in [-0.05, 0) is 19.8 Å². The van der Waals surface area contributed by atoms with Gasteiger partial charge in [0.2, 0.25) is 5.60 Å². The third-order valence-corrected chi connectivity index (χ3v) is 3.74. The lowest BCUT2D eigenvalue weighted by molar-refractivity contribution is -0.258. The zero-order valence-corrected chi connectivity index (χ0v) is 10.3. The number of esters is 1. The molecule has 0 spiro atoms. The van der Waals surface area contributed by atoms with E-state index in [9.17, 15) is 26.4 Å². The summed E-state index contributed by atoms with van der Waals surface area (Å²) in [7, 11) is -4.92. The number of hydrogen-bond acceptors (Lipinski definition) is 4. The summed E-state index contributed by atoms with van der Waals surface area (Å²) in [4.78, 5) is 11.4. The molecule has 0 aliphatic heterocycles. The first-order chi connectivity index (χ1) is 7.95. The highest BCUT2D eigenvalue weighted by Crippen LogP contribution is 2.37. The second kappa shape index (κ2) is 4.69. The summed E-state index contributed by atoms with van der Waals surface area (Å²) < 4.78 is 72.2. The maximum Gasteiger partial charge on any atom is 0.429 e. The summed E-state index contributed by atoms with van der Waals surface area (Å²) >= 11 is 0. The first kappa shape index (κ1) is 15.2. The average Bonchev–Trinajstić information content (AvgIpc) is 1.92. The third kappa shape index (κ3) is 3.58. The SMILES string of the molecule is CC(CS(=O)(=O)O)(OC(=O)C1CCC1)C(F)(F)F. The van der Waals surface area contributed by atoms with E-state index in [4.69, 9.17) is 4.55 Å². The first-order valence-electron chi connectivity index (χ1n) is 5.19. The summed E-state index contributed by atoms with van der Waals surface area (Å²) in [6.07, 6.45) is -3.50. The summed E-state index contributed by atoms with van der Waals surface area (Å²) in [5, 5.41) is 0. The highest BCUT2D eigenvalue weighted by molar-refractivity contribution is 7.85. The monoisotopic (exact) mass is 290 g/mol. The number of rotatable bonds is 4. The summed E-state index contributed by atoms with van der Waals surface area (Å²) in [5.74, 6) is -3.40. The minimum absolute atomic E-state index is 0.428. The minimum atomic E-state index is -5.08. The Balaban J connectivity index is 2.87. The molecule has 1 N–H and O–H groups in total. The van der Waals surface area contributed by atoms with E-state index in [-0.39, 0.29) is 0 Å². The molecule has 0 radical (unpaired) electrons. The summed E-state index contributed by atoms with van der Waals surface area (Å²) in [5.41, 5.74) is -3.23. The zero-order chi connectivity index (χ0) is 14.2. The van der Waals surface area contributed by atoms with Crippen molar-refractivity contribution in [1.82, 2.24) is 0 Å². The number of alkyl halides is 3. The summed E-state index contributed by atoms with van der Waals surface area (Å²) in [6, 6.07) is 0. The van der Waals surface area contributed by atoms with Crippen molar-refractivity contribution in [3.05, 3.63) is 0 Å². The summed E-state index contributed by atoms with van der Waals surface area (Å²) in [6.45, 7) is 0.428. The molecule has 1 rings (SSSR count). The van der Waals surface area contributed by atoms with Crippen LogP contribution in [0.1, 0.15) is 26.2 Å². The Kier molecular flexibility index (Phi) is 3.97. The van der Waals surface area contributed by atoms with E-state index in [1.165, 1.54) is 0 Å². The van der Waals surface area contributed by atoms with Crippen LogP contribution in [0.3, 0.4) is 0 Å². The molecule has 1 unspecified atom stereocenters. The maximum atomic E-state index is 12.7. The third-order valence-electron chi connectivity index (χ3n) is 2.82. The number of halogens is 3. The molecular formula is C9H13F3O5S. The number of ether oxygens (including phenoxy) is 1. The molecule has 5 nitrogen and oxygen atoms in total. The average molecular weight is 290 g/mol. The fourth-order valence-corrected chi connectivity index (χ4v) is 2.39. The molecule has 1 atom stereocenters. The van der Waals surface area contributed by atoms with Crippen molar-refractivity contribution in [3.8, 4) is 0 Å². The fraction of sp³-hybridized carbons (Fsp3) is 0.889. The molecule has 0 amide bonds. The Morgan fingerprint density at radius 3 is 2.17 bits per heavy atom. The van der Waals surface area contributed by atoms with Crippen LogP contribution in [-0.4, -0.2) is 36.5 Å². The van der Waals surface area contributed by atoms with Crippen molar-refractivity contribution < 1.29 is 35.7 Å². The molecule has 1 fully saturated rings. The Morgan fingerprint density at radius 2 is 1.89 bits per heavy atom. The van der Waals surface area contributed by atoms with Gasteiger partial charge in [0.1, 0.15) is 5.75 Å². The van der Waals surface area contributed by atoms with E-state index in [0.717, 1.165) is 6.42 Å². The van der Waals surface area contributed by atoms with Gasteiger partial charge in [-0.2, -0.15) is 21.6 Å². The molecule has 0 saturated heterocycles. The Hall–Kier alpha value is -0.830. The molecule has 0 aromatic carbocycles. The molecule has 0 aromatic heterocycles. The second-order valence-corrected chi connectivity index (χ2v) is 5.96. The van der Waals surface area contributed by atoms with Crippen LogP contribution in [0.4, 0.5) is 13.2 Å². The van der Waals surface area contributed by atoms with Crippen molar-refractivity contribution in [3.63, 3.8) is 0 Å². The van der Waals surface area contributed by atoms with Gasteiger partial charge < -0.3 is 4.74 Å². The molecule has 9 heteroatoms. The predicted molar refractivity (Wildman–Crippen MR) is 54.3 cm³/mol. The van der Waals surface area contributed by atoms with Crippen molar-refractivity contribution >= 4 is 16.1 Å². The van der Waals surface area contributed by atoms with Crippen LogP contribution in [0, 0.1) is 5.92 Å². The van der Waals surface area contributed by atoms with Gasteiger partial charge in [-0.1, -0.05) is 6.42 Å². The minimum Gasteiger partial charge on any atom is -0.448 e. The smallest absolute Gasteiger partial charge is 0.429 e. The molecule has 0 heterocycles. The standard InChI is InChI=1S/C9H13F3O5S/c1-8(9(10,11)12,5-18(14,15)16)17-7(13)6-3-2-4-6/h6H,2-5H2,1H3,(H,14,15,16). The Bertz CT molecular complexity index is 426. The van der Waals surface area contributed by atoms with Crippen LogP contribution in [0.25, 0.3) is 0 Å². The Morgan fingerprint density at radius 1 is 1.39 bits per heavy atom. The van der Waals surface area contributed by atoms with Crippen LogP contribution in [0.2, 0.25) is 0 Å². The van der Waals surface area contributed by atoms with E-state index >= 15 is 0 Å². The number of carbonyl (C=O) groups excluding carboxylic acids is 1. The van der Waals surface area contributed by atoms with Crippen molar-refractivity contribution in [2.75, 3.05) is 5.75 Å². The first-order valence-corrected chi connectivity index (χ1v) is 6.80. The van der Waals surface area contributed by atoms with Crippen LogP contribution >= 0.6 is 0 Å². The van der Waals surface area contributed by atoms with E-state index in [1.807, 2.05) is 0 Å². The van der Waals surface area contributed by atoms with Crippen molar-refractivity contribution in [2.24, 2.45) is 5.92 Å². The van der Waals surface area contributed by atoms with Gasteiger partial charge in [0.05, 0.1) is 5.92 Å². The molecular weight excluding hydrogens is 277 g/mol. The van der Waals surface area contributed by atoms with Crippen LogP contribution < -0.4 is 0 Å². The molecule has 1 saturated carbocycles. The normalized spacial score (nSPS) is 20.9. The van der Waals surface area contributed by atoms with E-state index in [1.54, 1.807) is 0 Å². The number of hydrogen-bond donors (Lipinski definition) is 1. The second-order valence-electron chi connectivity index (χ2n) is 4.50. The van der Waals surface area contributed by atoms with E-state index < -0.39 is 39.5 Å². The predicted octanol–water partition coefficient (Wildman–Crippen LogP) is 1.54. The maximum absolute atomic E-state index is 12.7. The van der Waals surface area contributed by atoms with Crippen LogP contribution in [-0.2, 0) is 19.6 Å². The van der Waals surface area contributed by atoms with Crippen molar-refractivity contribution in [2.45, 2.75) is 38.0 Å². The van der Waals surface area contributed by atoms with E-state index in [0.29, 0.717) is 19.8 Å². The van der Waals surface area contributed by atoms with Crippen LogP contribution in [0.5, 0.6) is 0 Å². The van der Waals surface area contributed by atoms with Gasteiger partial charge in [0.15, 0.2) is 0 Å². The van der Waals surface area contributed by atoms with E-state index in [2.05, 4.69) is 4.74 Å². The molecule has 0 bridgehead atoms. The molecule has 1 aliphatic carbocycles. The largest absolute Gasteiger partial charge is 0.448 e. The molecule has 0 aromatic rings. The van der Waals surface area contributed by atoms with Gasteiger partial charge in [0.25, 0.3) is 10.1 Å². The fourth-order valence-electron chi connectivity index (χ4n) is 1.47. The van der Waals surface area contributed by atoms with Gasteiger partial charge in [0, 0.05) is 0 Å². The topological polar surface area (TPSA) is 80.7 Å². The number of carbonyl (C=O) groups is 1. The van der Waals surface area contributed by atoms with Gasteiger partial charge in [-0.25, -0.2) is 0 Å². The highest BCUT2D eigenvalue weighted by Gasteiger charge is 2.57. The Labute approximate surface area is 102 Å². The van der Waals surface area contributed by atoms with Gasteiger partial charge in [-0.3, -0.25) is 9.35 Å². The lowest BCUT2D eigenvalue weighted by Gasteiger charge is -2.33. The van der Waals surface area contributed by atoms with Crippen LogP contribution in [0.15, 0.2) is 0 Å². The van der Waals surface area contributed by atoms with Crippen molar-refractivity contribution in [1.29, 1.82) is 0 Å². The lowest BCUT2D eigenvalue weighted by atomic mass is 9.85. The van der Waals surface area contributed by atoms with Gasteiger partial charge in [-0.15, -0.1) is 0 Å². The zero-order valence-electron chi connectivity index (χ0n) is 9.53.